The first-order chi connectivity index (χ1) is 4.68. The summed E-state index contributed by atoms with van der Waals surface area (Å²) in [5, 5.41) is 8.26. The van der Waals surface area contributed by atoms with Gasteiger partial charge in [0, 0.05) is 13.0 Å². The van der Waals surface area contributed by atoms with Gasteiger partial charge in [-0.1, -0.05) is 23.2 Å². The van der Waals surface area contributed by atoms with Gasteiger partial charge >= 0.3 is 5.97 Å². The van der Waals surface area contributed by atoms with E-state index >= 15 is 0 Å². The van der Waals surface area contributed by atoms with Crippen LogP contribution in [0.3, 0.4) is 0 Å². The fourth-order valence-electron chi connectivity index (χ4n) is 0.300. The summed E-state index contributed by atoms with van der Waals surface area (Å²) in [4.78, 5) is 9.32. The molecule has 0 aromatic rings. The Bertz CT molecular complexity index is 105. The zero-order valence-electron chi connectivity index (χ0n) is 5.22. The van der Waals surface area contributed by atoms with E-state index < -0.39 is 10.8 Å². The van der Waals surface area contributed by atoms with E-state index in [1.807, 2.05) is 0 Å². The largest absolute Gasteiger partial charge is 0.464 e. The molecule has 0 saturated carbocycles. The van der Waals surface area contributed by atoms with E-state index in [2.05, 4.69) is 4.74 Å². The molecule has 3 nitrogen and oxygen atoms in total. The number of aliphatic hydroxyl groups is 1. The molecule has 0 aromatic carbocycles. The second kappa shape index (κ2) is 5.77. The Morgan fingerprint density at radius 1 is 1.60 bits per heavy atom. The highest BCUT2D eigenvalue weighted by molar-refractivity contribution is 6.52. The number of alkyl halides is 2. The summed E-state index contributed by atoms with van der Waals surface area (Å²) in [5.41, 5.74) is 0. The van der Waals surface area contributed by atoms with Crippen LogP contribution in [0.1, 0.15) is 6.42 Å². The average Bonchev–Trinajstić information content (AvgIpc) is 1.88. The lowest BCUT2D eigenvalue weighted by molar-refractivity contribution is -0.141. The van der Waals surface area contributed by atoms with Crippen LogP contribution >= 0.6 is 23.2 Å². The second-order valence-corrected chi connectivity index (χ2v) is 2.64. The van der Waals surface area contributed by atoms with Gasteiger partial charge in [0.15, 0.2) is 0 Å². The van der Waals surface area contributed by atoms with Gasteiger partial charge in [0.05, 0.1) is 6.61 Å². The maximum Gasteiger partial charge on any atom is 0.339 e. The molecule has 10 heavy (non-hydrogen) atoms. The number of carbonyl (C=O) groups is 1. The first-order valence-electron chi connectivity index (χ1n) is 2.74. The normalized spacial score (nSPS) is 10.0. The minimum atomic E-state index is -1.13. The molecular formula is C5H8Cl2O3. The van der Waals surface area contributed by atoms with Crippen molar-refractivity contribution in [2.45, 2.75) is 11.3 Å². The van der Waals surface area contributed by atoms with Gasteiger partial charge < -0.3 is 9.84 Å². The molecule has 0 amide bonds. The van der Waals surface area contributed by atoms with E-state index in [0.29, 0.717) is 6.42 Å². The summed E-state index contributed by atoms with van der Waals surface area (Å²) >= 11 is 10.3. The van der Waals surface area contributed by atoms with E-state index in [0.717, 1.165) is 0 Å². The van der Waals surface area contributed by atoms with Gasteiger partial charge in [-0.15, -0.1) is 0 Å². The molecule has 0 radical (unpaired) electrons. The van der Waals surface area contributed by atoms with Gasteiger partial charge in [0.25, 0.3) is 0 Å². The van der Waals surface area contributed by atoms with Crippen LogP contribution < -0.4 is 0 Å². The van der Waals surface area contributed by atoms with Gasteiger partial charge in [-0.3, -0.25) is 0 Å². The first-order valence-corrected chi connectivity index (χ1v) is 3.61. The molecule has 5 heteroatoms. The fourth-order valence-corrected chi connectivity index (χ4v) is 0.426. The Morgan fingerprint density at radius 3 is 2.60 bits per heavy atom. The van der Waals surface area contributed by atoms with Crippen molar-refractivity contribution in [3.8, 4) is 0 Å². The third-order valence-corrected chi connectivity index (χ3v) is 1.08. The lowest BCUT2D eigenvalue weighted by atomic mass is 10.5. The van der Waals surface area contributed by atoms with Crippen LogP contribution in [0.2, 0.25) is 0 Å². The van der Waals surface area contributed by atoms with E-state index in [1.165, 1.54) is 0 Å². The third-order valence-electron chi connectivity index (χ3n) is 0.725. The number of hydrogen-bond donors (Lipinski definition) is 1. The summed E-state index contributed by atoms with van der Waals surface area (Å²) in [6.45, 7) is 0.147. The minimum absolute atomic E-state index is 0.0114. The van der Waals surface area contributed by atoms with E-state index in [-0.39, 0.29) is 13.2 Å². The molecule has 0 saturated heterocycles. The van der Waals surface area contributed by atoms with Crippen molar-refractivity contribution in [3.63, 3.8) is 0 Å². The Hall–Kier alpha value is 0.01000. The molecule has 0 spiro atoms. The lowest BCUT2D eigenvalue weighted by Crippen LogP contribution is -2.13. The predicted octanol–water partition coefficient (Wildman–Crippen LogP) is 0.716. The van der Waals surface area contributed by atoms with Gasteiger partial charge in [-0.2, -0.15) is 0 Å². The summed E-state index contributed by atoms with van der Waals surface area (Å²) in [7, 11) is 0. The Labute approximate surface area is 68.9 Å². The molecule has 0 fully saturated rings. The van der Waals surface area contributed by atoms with Crippen LogP contribution in [0, 0.1) is 0 Å². The molecule has 0 aromatic heterocycles. The van der Waals surface area contributed by atoms with Crippen LogP contribution in [0.4, 0.5) is 0 Å². The quantitative estimate of drug-likeness (QED) is 0.400. The van der Waals surface area contributed by atoms with Gasteiger partial charge in [-0.05, 0) is 0 Å². The van der Waals surface area contributed by atoms with Crippen LogP contribution in [0.5, 0.6) is 0 Å². The standard InChI is InChI=1S/C5H8Cl2O3/c6-4(7)5(9)10-3-1-2-8/h4,8H,1-3H2. The number of aliphatic hydroxyl groups excluding tert-OH is 1. The van der Waals surface area contributed by atoms with Crippen LogP contribution in [-0.2, 0) is 9.53 Å². The Kier molecular flexibility index (Phi) is 5.78. The number of esters is 1. The predicted molar refractivity (Wildman–Crippen MR) is 38.2 cm³/mol. The van der Waals surface area contributed by atoms with E-state index in [1.54, 1.807) is 0 Å². The zero-order valence-corrected chi connectivity index (χ0v) is 6.73. The van der Waals surface area contributed by atoms with Crippen molar-refractivity contribution in [2.24, 2.45) is 0 Å². The lowest BCUT2D eigenvalue weighted by Gasteiger charge is -2.02. The minimum Gasteiger partial charge on any atom is -0.464 e. The summed E-state index contributed by atoms with van der Waals surface area (Å²) in [6.07, 6.45) is 0.409. The fraction of sp³-hybridized carbons (Fsp3) is 0.800. The van der Waals surface area contributed by atoms with Crippen molar-refractivity contribution in [2.75, 3.05) is 13.2 Å². The molecule has 60 valence electrons. The van der Waals surface area contributed by atoms with E-state index in [4.69, 9.17) is 28.3 Å². The van der Waals surface area contributed by atoms with Gasteiger partial charge in [-0.25, -0.2) is 4.79 Å². The molecule has 0 unspecified atom stereocenters. The SMILES string of the molecule is O=C(OCCCO)C(Cl)Cl. The topological polar surface area (TPSA) is 46.5 Å². The molecule has 0 aliphatic carbocycles. The molecule has 0 atom stereocenters. The molecule has 0 rings (SSSR count). The summed E-state index contributed by atoms with van der Waals surface area (Å²) < 4.78 is 4.48. The van der Waals surface area contributed by atoms with Crippen LogP contribution in [0.25, 0.3) is 0 Å². The third kappa shape index (κ3) is 4.85. The van der Waals surface area contributed by atoms with Crippen molar-refractivity contribution in [1.29, 1.82) is 0 Å². The molecular weight excluding hydrogens is 179 g/mol. The molecule has 0 heterocycles. The highest BCUT2D eigenvalue weighted by atomic mass is 35.5. The summed E-state index contributed by atoms with van der Waals surface area (Å²) in [6, 6.07) is 0. The number of halogens is 2. The van der Waals surface area contributed by atoms with Crippen molar-refractivity contribution < 1.29 is 14.6 Å². The summed E-state index contributed by atoms with van der Waals surface area (Å²) in [5.74, 6) is -0.670. The van der Waals surface area contributed by atoms with Crippen molar-refractivity contribution in [3.05, 3.63) is 0 Å². The molecule has 0 bridgehead atoms. The van der Waals surface area contributed by atoms with Crippen molar-refractivity contribution in [1.82, 2.24) is 0 Å². The Balaban J connectivity index is 3.22. The molecule has 0 aliphatic rings. The van der Waals surface area contributed by atoms with Crippen LogP contribution in [0.15, 0.2) is 0 Å². The number of rotatable bonds is 4. The number of carbonyl (C=O) groups excluding carboxylic acids is 1. The van der Waals surface area contributed by atoms with Crippen molar-refractivity contribution >= 4 is 29.2 Å². The van der Waals surface area contributed by atoms with Gasteiger partial charge in [0.1, 0.15) is 0 Å². The molecule has 0 aliphatic heterocycles. The number of hydrogen-bond acceptors (Lipinski definition) is 3. The second-order valence-electron chi connectivity index (χ2n) is 1.55. The first kappa shape index (κ1) is 10.0. The maximum absolute atomic E-state index is 10.4. The monoisotopic (exact) mass is 186 g/mol. The highest BCUT2D eigenvalue weighted by Crippen LogP contribution is 2.03. The Morgan fingerprint density at radius 2 is 2.20 bits per heavy atom. The number of ether oxygens (including phenoxy) is 1. The van der Waals surface area contributed by atoms with E-state index in [9.17, 15) is 4.79 Å². The zero-order chi connectivity index (χ0) is 7.98. The van der Waals surface area contributed by atoms with Gasteiger partial charge in [0.2, 0.25) is 4.84 Å². The highest BCUT2D eigenvalue weighted by Gasteiger charge is 2.11. The molecule has 1 N–H and O–H groups in total. The van der Waals surface area contributed by atoms with Crippen LogP contribution in [-0.4, -0.2) is 29.1 Å². The average molecular weight is 187 g/mol. The maximum atomic E-state index is 10.4. The smallest absolute Gasteiger partial charge is 0.339 e.